The molecule has 1 atom stereocenters. The quantitative estimate of drug-likeness (QED) is 0.748. The van der Waals surface area contributed by atoms with Crippen LogP contribution >= 0.6 is 0 Å². The van der Waals surface area contributed by atoms with Gasteiger partial charge in [-0.1, -0.05) is 29.8 Å². The van der Waals surface area contributed by atoms with Gasteiger partial charge in [0.05, 0.1) is 18.5 Å². The first-order valence-corrected chi connectivity index (χ1v) is 8.82. The number of rotatable bonds is 3. The van der Waals surface area contributed by atoms with Crippen molar-refractivity contribution in [2.75, 3.05) is 11.9 Å². The molecule has 2 amide bonds. The fraction of sp³-hybridized carbons (Fsp3) is 0.190. The monoisotopic (exact) mass is 360 g/mol. The first-order chi connectivity index (χ1) is 13.2. The Balaban J connectivity index is 1.74. The second kappa shape index (κ2) is 7.07. The van der Waals surface area contributed by atoms with E-state index >= 15 is 0 Å². The van der Waals surface area contributed by atoms with E-state index in [4.69, 9.17) is 4.74 Å². The summed E-state index contributed by atoms with van der Waals surface area (Å²) in [7, 11) is 0. The molecule has 0 saturated heterocycles. The van der Waals surface area contributed by atoms with Crippen molar-refractivity contribution in [2.24, 2.45) is 0 Å². The Hall–Kier alpha value is -3.41. The molecule has 0 unspecified atom stereocenters. The van der Waals surface area contributed by atoms with Crippen LogP contribution in [0.1, 0.15) is 23.2 Å². The van der Waals surface area contributed by atoms with Crippen LogP contribution in [0.15, 0.2) is 67.1 Å². The van der Waals surface area contributed by atoms with Crippen molar-refractivity contribution in [2.45, 2.75) is 18.9 Å². The predicted molar refractivity (Wildman–Crippen MR) is 103 cm³/mol. The molecule has 2 N–H and O–H groups in total. The van der Waals surface area contributed by atoms with Crippen LogP contribution in [0.2, 0.25) is 0 Å². The van der Waals surface area contributed by atoms with Crippen LogP contribution in [0.3, 0.4) is 0 Å². The Kier molecular flexibility index (Phi) is 4.46. The van der Waals surface area contributed by atoms with E-state index in [1.54, 1.807) is 30.7 Å². The molecule has 0 spiro atoms. The molecule has 0 radical (unpaired) electrons. The van der Waals surface area contributed by atoms with Gasteiger partial charge >= 0.3 is 6.03 Å². The molecule has 0 aliphatic carbocycles. The maximum Gasteiger partial charge on any atom is 0.320 e. The van der Waals surface area contributed by atoms with Crippen molar-refractivity contribution in [1.29, 1.82) is 0 Å². The molecule has 3 heterocycles. The predicted octanol–water partition coefficient (Wildman–Crippen LogP) is 3.63. The number of carbonyl (C=O) groups excluding carboxylic acids is 1. The van der Waals surface area contributed by atoms with E-state index in [-0.39, 0.29) is 6.03 Å². The summed E-state index contributed by atoms with van der Waals surface area (Å²) in [6.45, 7) is 2.52. The average molecular weight is 360 g/mol. The minimum Gasteiger partial charge on any atom is -0.491 e. The van der Waals surface area contributed by atoms with Gasteiger partial charge in [0.25, 0.3) is 0 Å². The molecule has 0 fully saturated rings. The summed E-state index contributed by atoms with van der Waals surface area (Å²) in [6, 6.07) is 15.1. The zero-order chi connectivity index (χ0) is 18.7. The number of urea groups is 1. The standard InChI is InChI=1S/C21H20N4O2/c1-15-6-8-16(9-7-15)21(10-13-27-18-5-3-12-23-19(18)21)25-20(26)24-17-4-2-11-22-14-17/h2-9,11-12,14H,10,13H2,1H3,(H2,24,25,26)/t21-/m0/s1. The molecular weight excluding hydrogens is 340 g/mol. The summed E-state index contributed by atoms with van der Waals surface area (Å²) in [5.41, 5.74) is 2.69. The van der Waals surface area contributed by atoms with Crippen LogP contribution in [0.25, 0.3) is 0 Å². The van der Waals surface area contributed by atoms with Crippen LogP contribution in [0.4, 0.5) is 10.5 Å². The average Bonchev–Trinajstić information content (AvgIpc) is 2.69. The van der Waals surface area contributed by atoms with Crippen LogP contribution in [-0.2, 0) is 5.54 Å². The van der Waals surface area contributed by atoms with Gasteiger partial charge < -0.3 is 15.4 Å². The lowest BCUT2D eigenvalue weighted by Crippen LogP contribution is -2.51. The number of fused-ring (bicyclic) bond motifs is 1. The zero-order valence-corrected chi connectivity index (χ0v) is 15.0. The van der Waals surface area contributed by atoms with Gasteiger partial charge in [0.2, 0.25) is 0 Å². The Labute approximate surface area is 157 Å². The Morgan fingerprint density at radius 1 is 1.11 bits per heavy atom. The highest BCUT2D eigenvalue weighted by Gasteiger charge is 2.42. The highest BCUT2D eigenvalue weighted by Crippen LogP contribution is 2.40. The molecule has 2 aromatic heterocycles. The SMILES string of the molecule is Cc1ccc([C@@]2(NC(=O)Nc3cccnc3)CCOc3cccnc32)cc1. The first-order valence-electron chi connectivity index (χ1n) is 8.82. The number of pyridine rings is 2. The molecule has 0 saturated carbocycles. The van der Waals surface area contributed by atoms with Crippen molar-refractivity contribution >= 4 is 11.7 Å². The Bertz CT molecular complexity index is 944. The van der Waals surface area contributed by atoms with E-state index in [2.05, 4.69) is 20.6 Å². The number of aryl methyl sites for hydroxylation is 1. The third-order valence-electron chi connectivity index (χ3n) is 4.70. The summed E-state index contributed by atoms with van der Waals surface area (Å²) >= 11 is 0. The molecule has 0 bridgehead atoms. The fourth-order valence-electron chi connectivity index (χ4n) is 3.37. The second-order valence-electron chi connectivity index (χ2n) is 6.54. The van der Waals surface area contributed by atoms with Gasteiger partial charge in [-0.2, -0.15) is 0 Å². The molecule has 1 aliphatic rings. The molecular formula is C21H20N4O2. The molecule has 4 rings (SSSR count). The molecule has 136 valence electrons. The lowest BCUT2D eigenvalue weighted by Gasteiger charge is -2.38. The number of aromatic nitrogens is 2. The van der Waals surface area contributed by atoms with E-state index in [9.17, 15) is 4.79 Å². The van der Waals surface area contributed by atoms with Crippen molar-refractivity contribution in [3.8, 4) is 5.75 Å². The molecule has 6 heteroatoms. The number of nitrogens with one attached hydrogen (secondary N) is 2. The summed E-state index contributed by atoms with van der Waals surface area (Å²) in [5.74, 6) is 0.686. The molecule has 1 aliphatic heterocycles. The van der Waals surface area contributed by atoms with E-state index in [1.165, 1.54) is 0 Å². The number of hydrogen-bond acceptors (Lipinski definition) is 4. The normalized spacial score (nSPS) is 18.1. The maximum absolute atomic E-state index is 12.8. The lowest BCUT2D eigenvalue weighted by atomic mass is 9.81. The minimum absolute atomic E-state index is 0.318. The lowest BCUT2D eigenvalue weighted by molar-refractivity contribution is 0.200. The van der Waals surface area contributed by atoms with Crippen molar-refractivity contribution in [3.63, 3.8) is 0 Å². The van der Waals surface area contributed by atoms with Gasteiger partial charge in [0, 0.05) is 18.8 Å². The van der Waals surface area contributed by atoms with Crippen molar-refractivity contribution in [3.05, 3.63) is 83.9 Å². The third kappa shape index (κ3) is 3.33. The highest BCUT2D eigenvalue weighted by molar-refractivity contribution is 5.90. The van der Waals surface area contributed by atoms with Crippen LogP contribution in [0.5, 0.6) is 5.75 Å². The fourth-order valence-corrected chi connectivity index (χ4v) is 3.37. The summed E-state index contributed by atoms with van der Waals surface area (Å²) in [4.78, 5) is 21.4. The summed E-state index contributed by atoms with van der Waals surface area (Å²) in [5, 5.41) is 6.00. The van der Waals surface area contributed by atoms with Crippen molar-refractivity contribution < 1.29 is 9.53 Å². The number of nitrogens with zero attached hydrogens (tertiary/aromatic N) is 2. The topological polar surface area (TPSA) is 76.1 Å². The maximum atomic E-state index is 12.8. The van der Waals surface area contributed by atoms with E-state index < -0.39 is 5.54 Å². The third-order valence-corrected chi connectivity index (χ3v) is 4.70. The number of benzene rings is 1. The number of ether oxygens (including phenoxy) is 1. The number of anilines is 1. The van der Waals surface area contributed by atoms with E-state index in [0.29, 0.717) is 30.2 Å². The van der Waals surface area contributed by atoms with Gasteiger partial charge in [-0.15, -0.1) is 0 Å². The van der Waals surface area contributed by atoms with Crippen LogP contribution < -0.4 is 15.4 Å². The summed E-state index contributed by atoms with van der Waals surface area (Å²) < 4.78 is 5.78. The molecule has 6 nitrogen and oxygen atoms in total. The van der Waals surface area contributed by atoms with Crippen molar-refractivity contribution in [1.82, 2.24) is 15.3 Å². The first kappa shape index (κ1) is 17.0. The molecule has 1 aromatic carbocycles. The van der Waals surface area contributed by atoms with E-state index in [1.807, 2.05) is 43.3 Å². The molecule has 3 aromatic rings. The minimum atomic E-state index is -0.769. The van der Waals surface area contributed by atoms with Gasteiger partial charge in [0.1, 0.15) is 17.0 Å². The number of hydrogen-bond donors (Lipinski definition) is 2. The summed E-state index contributed by atoms with van der Waals surface area (Å²) in [6.07, 6.45) is 5.57. The highest BCUT2D eigenvalue weighted by atomic mass is 16.5. The van der Waals surface area contributed by atoms with Crippen LogP contribution in [-0.4, -0.2) is 22.6 Å². The number of amides is 2. The van der Waals surface area contributed by atoms with Gasteiger partial charge in [0.15, 0.2) is 0 Å². The van der Waals surface area contributed by atoms with Gasteiger partial charge in [-0.05, 0) is 36.8 Å². The Morgan fingerprint density at radius 3 is 2.70 bits per heavy atom. The van der Waals surface area contributed by atoms with Gasteiger partial charge in [-0.3, -0.25) is 9.97 Å². The zero-order valence-electron chi connectivity index (χ0n) is 15.0. The van der Waals surface area contributed by atoms with Gasteiger partial charge in [-0.25, -0.2) is 4.79 Å². The largest absolute Gasteiger partial charge is 0.491 e. The van der Waals surface area contributed by atoms with E-state index in [0.717, 1.165) is 11.1 Å². The number of carbonyl (C=O) groups is 1. The smallest absolute Gasteiger partial charge is 0.320 e. The Morgan fingerprint density at radius 2 is 1.93 bits per heavy atom. The molecule has 27 heavy (non-hydrogen) atoms. The van der Waals surface area contributed by atoms with Crippen LogP contribution in [0, 0.1) is 6.92 Å². The second-order valence-corrected chi connectivity index (χ2v) is 6.54.